The lowest BCUT2D eigenvalue weighted by molar-refractivity contribution is 0.566. The Kier molecular flexibility index (Phi) is 3.78. The van der Waals surface area contributed by atoms with Crippen LogP contribution < -0.4 is 10.5 Å². The predicted octanol–water partition coefficient (Wildman–Crippen LogP) is 2.88. The highest BCUT2D eigenvalue weighted by molar-refractivity contribution is 9.10. The number of hydrogen-bond donors (Lipinski definition) is 2. The zero-order chi connectivity index (χ0) is 13.4. The minimum atomic E-state index is -3.44. The first kappa shape index (κ1) is 14.3. The molecular weight excluding hydrogens is 304 g/mol. The van der Waals surface area contributed by atoms with Crippen LogP contribution in [0.2, 0.25) is 0 Å². The van der Waals surface area contributed by atoms with Gasteiger partial charge in [-0.1, -0.05) is 0 Å². The summed E-state index contributed by atoms with van der Waals surface area (Å²) in [5.74, 6) is 0. The maximum atomic E-state index is 12.0. The van der Waals surface area contributed by atoms with Crippen molar-refractivity contribution >= 4 is 37.3 Å². The molecule has 0 heterocycles. The second kappa shape index (κ2) is 4.49. The maximum absolute atomic E-state index is 12.0. The van der Waals surface area contributed by atoms with Gasteiger partial charge in [-0.3, -0.25) is 4.72 Å². The van der Waals surface area contributed by atoms with Gasteiger partial charge in [-0.25, -0.2) is 8.42 Å². The highest BCUT2D eigenvalue weighted by Gasteiger charge is 2.29. The number of benzene rings is 1. The van der Waals surface area contributed by atoms with E-state index < -0.39 is 14.8 Å². The molecule has 6 heteroatoms. The number of sulfonamides is 1. The van der Waals surface area contributed by atoms with Crippen molar-refractivity contribution in [2.24, 2.45) is 0 Å². The minimum Gasteiger partial charge on any atom is -0.398 e. The van der Waals surface area contributed by atoms with E-state index in [-0.39, 0.29) is 0 Å². The topological polar surface area (TPSA) is 72.2 Å². The molecule has 0 fully saturated rings. The highest BCUT2D eigenvalue weighted by atomic mass is 79.9. The first-order chi connectivity index (χ1) is 7.54. The van der Waals surface area contributed by atoms with Gasteiger partial charge >= 0.3 is 0 Å². The van der Waals surface area contributed by atoms with Crippen LogP contribution in [0.3, 0.4) is 0 Å². The van der Waals surface area contributed by atoms with E-state index in [4.69, 9.17) is 5.73 Å². The van der Waals surface area contributed by atoms with Gasteiger partial charge in [0.15, 0.2) is 0 Å². The summed E-state index contributed by atoms with van der Waals surface area (Å²) in [5.41, 5.74) is 7.68. The molecule has 0 atom stereocenters. The van der Waals surface area contributed by atoms with E-state index in [2.05, 4.69) is 20.7 Å². The Bertz CT molecular complexity index is 533. The van der Waals surface area contributed by atoms with E-state index in [0.29, 0.717) is 15.8 Å². The van der Waals surface area contributed by atoms with Crippen LogP contribution >= 0.6 is 15.9 Å². The summed E-state index contributed by atoms with van der Waals surface area (Å²) in [7, 11) is -3.44. The molecule has 0 bridgehead atoms. The maximum Gasteiger partial charge on any atom is 0.237 e. The third kappa shape index (κ3) is 3.13. The number of anilines is 2. The molecule has 0 radical (unpaired) electrons. The third-order valence-electron chi connectivity index (χ3n) is 2.41. The first-order valence-corrected chi connectivity index (χ1v) is 7.40. The van der Waals surface area contributed by atoms with Crippen LogP contribution in [0.1, 0.15) is 26.3 Å². The van der Waals surface area contributed by atoms with Crippen LogP contribution in [0.25, 0.3) is 0 Å². The summed E-state index contributed by atoms with van der Waals surface area (Å²) in [6.45, 7) is 6.78. The molecule has 96 valence electrons. The molecule has 1 aromatic carbocycles. The fourth-order valence-corrected chi connectivity index (χ4v) is 2.52. The molecule has 1 rings (SSSR count). The minimum absolute atomic E-state index is 0.461. The molecule has 1 aromatic rings. The van der Waals surface area contributed by atoms with Crippen molar-refractivity contribution in [3.63, 3.8) is 0 Å². The van der Waals surface area contributed by atoms with E-state index in [1.165, 1.54) is 0 Å². The molecule has 0 aliphatic carbocycles. The summed E-state index contributed by atoms with van der Waals surface area (Å²) in [6.07, 6.45) is 0. The second-order valence-corrected chi connectivity index (χ2v) is 8.20. The predicted molar refractivity (Wildman–Crippen MR) is 75.6 cm³/mol. The Labute approximate surface area is 111 Å². The van der Waals surface area contributed by atoms with Gasteiger partial charge in [-0.05, 0) is 61.3 Å². The van der Waals surface area contributed by atoms with Gasteiger partial charge in [0, 0.05) is 10.2 Å². The summed E-state index contributed by atoms with van der Waals surface area (Å²) in [5, 5.41) is 0. The number of nitrogens with two attached hydrogens (primary N) is 1. The number of nitrogens with one attached hydrogen (secondary N) is 1. The lowest BCUT2D eigenvalue weighted by atomic mass is 10.2. The second-order valence-electron chi connectivity index (χ2n) is 4.91. The van der Waals surface area contributed by atoms with E-state index in [9.17, 15) is 8.42 Å². The van der Waals surface area contributed by atoms with Crippen LogP contribution in [-0.4, -0.2) is 13.2 Å². The largest absolute Gasteiger partial charge is 0.398 e. The van der Waals surface area contributed by atoms with Crippen LogP contribution in [0, 0.1) is 6.92 Å². The summed E-state index contributed by atoms with van der Waals surface area (Å²) < 4.78 is 26.3. The molecule has 0 saturated heterocycles. The Morgan fingerprint density at radius 2 is 1.82 bits per heavy atom. The standard InChI is InChI=1S/C11H17BrN2O2S/c1-7-5-8(12)10(6-9(7)13)14-17(15,16)11(2,3)4/h5-6,14H,13H2,1-4H3. The molecule has 4 nitrogen and oxygen atoms in total. The van der Waals surface area contributed by atoms with Crippen molar-refractivity contribution in [1.29, 1.82) is 0 Å². The van der Waals surface area contributed by atoms with Gasteiger partial charge in [-0.15, -0.1) is 0 Å². The van der Waals surface area contributed by atoms with E-state index in [1.807, 2.05) is 6.92 Å². The molecule has 0 aliphatic rings. The van der Waals surface area contributed by atoms with Gasteiger partial charge in [0.1, 0.15) is 0 Å². The number of nitrogen functional groups attached to an aromatic ring is 1. The lowest BCUT2D eigenvalue weighted by Crippen LogP contribution is -2.33. The lowest BCUT2D eigenvalue weighted by Gasteiger charge is -2.21. The average molecular weight is 321 g/mol. The van der Waals surface area contributed by atoms with Crippen molar-refractivity contribution in [1.82, 2.24) is 0 Å². The van der Waals surface area contributed by atoms with Gasteiger partial charge in [0.25, 0.3) is 0 Å². The van der Waals surface area contributed by atoms with Crippen LogP contribution in [-0.2, 0) is 10.0 Å². The van der Waals surface area contributed by atoms with Crippen molar-refractivity contribution < 1.29 is 8.42 Å². The van der Waals surface area contributed by atoms with Crippen molar-refractivity contribution in [2.75, 3.05) is 10.5 Å². The summed E-state index contributed by atoms with van der Waals surface area (Å²) >= 11 is 3.32. The first-order valence-electron chi connectivity index (χ1n) is 5.12. The number of hydrogen-bond acceptors (Lipinski definition) is 3. The Morgan fingerprint density at radius 1 is 1.29 bits per heavy atom. The Hall–Kier alpha value is -0.750. The fourth-order valence-electron chi connectivity index (χ4n) is 1.07. The monoisotopic (exact) mass is 320 g/mol. The quantitative estimate of drug-likeness (QED) is 0.823. The molecule has 0 unspecified atom stereocenters. The Morgan fingerprint density at radius 3 is 2.29 bits per heavy atom. The molecule has 0 aromatic heterocycles. The van der Waals surface area contributed by atoms with E-state index in [0.717, 1.165) is 5.56 Å². The molecule has 17 heavy (non-hydrogen) atoms. The number of halogens is 1. The highest BCUT2D eigenvalue weighted by Crippen LogP contribution is 2.30. The van der Waals surface area contributed by atoms with E-state index >= 15 is 0 Å². The van der Waals surface area contributed by atoms with Gasteiger partial charge in [0.05, 0.1) is 10.4 Å². The normalized spacial score (nSPS) is 12.5. The molecule has 0 saturated carbocycles. The van der Waals surface area contributed by atoms with Gasteiger partial charge in [0.2, 0.25) is 10.0 Å². The third-order valence-corrected chi connectivity index (χ3v) is 5.16. The number of rotatable bonds is 2. The smallest absolute Gasteiger partial charge is 0.237 e. The zero-order valence-electron chi connectivity index (χ0n) is 10.3. The van der Waals surface area contributed by atoms with Crippen LogP contribution in [0.15, 0.2) is 16.6 Å². The SMILES string of the molecule is Cc1cc(Br)c(NS(=O)(=O)C(C)(C)C)cc1N. The van der Waals surface area contributed by atoms with Crippen molar-refractivity contribution in [3.05, 3.63) is 22.2 Å². The average Bonchev–Trinajstić information content (AvgIpc) is 2.12. The number of aryl methyl sites for hydroxylation is 1. The summed E-state index contributed by atoms with van der Waals surface area (Å²) in [4.78, 5) is 0. The summed E-state index contributed by atoms with van der Waals surface area (Å²) in [6, 6.07) is 3.40. The van der Waals surface area contributed by atoms with Crippen molar-refractivity contribution in [3.8, 4) is 0 Å². The van der Waals surface area contributed by atoms with Crippen molar-refractivity contribution in [2.45, 2.75) is 32.4 Å². The molecule has 0 aliphatic heterocycles. The molecule has 0 amide bonds. The zero-order valence-corrected chi connectivity index (χ0v) is 12.7. The van der Waals surface area contributed by atoms with Gasteiger partial charge < -0.3 is 5.73 Å². The van der Waals surface area contributed by atoms with Crippen LogP contribution in [0.5, 0.6) is 0 Å². The van der Waals surface area contributed by atoms with Crippen LogP contribution in [0.4, 0.5) is 11.4 Å². The van der Waals surface area contributed by atoms with Gasteiger partial charge in [-0.2, -0.15) is 0 Å². The fraction of sp³-hybridized carbons (Fsp3) is 0.455. The Balaban J connectivity index is 3.18. The molecule has 3 N–H and O–H groups in total. The van der Waals surface area contributed by atoms with E-state index in [1.54, 1.807) is 32.9 Å². The molecular formula is C11H17BrN2O2S. The molecule has 0 spiro atoms.